The van der Waals surface area contributed by atoms with Crippen LogP contribution >= 0.6 is 11.3 Å². The van der Waals surface area contributed by atoms with E-state index in [-0.39, 0.29) is 12.3 Å². The Hall–Kier alpha value is -3.14. The van der Waals surface area contributed by atoms with Gasteiger partial charge in [-0.15, -0.1) is 11.3 Å². The number of amides is 1. The normalized spacial score (nSPS) is 14.5. The van der Waals surface area contributed by atoms with E-state index in [1.807, 2.05) is 30.3 Å². The number of sulfonamides is 1. The lowest BCUT2D eigenvalue weighted by Gasteiger charge is -2.15. The summed E-state index contributed by atoms with van der Waals surface area (Å²) in [5.41, 5.74) is 2.78. The van der Waals surface area contributed by atoms with Crippen molar-refractivity contribution in [3.63, 3.8) is 0 Å². The number of hydrogen-bond acceptors (Lipinski definition) is 6. The van der Waals surface area contributed by atoms with Gasteiger partial charge in [0.05, 0.1) is 15.1 Å². The Balaban J connectivity index is 1.16. The van der Waals surface area contributed by atoms with Gasteiger partial charge >= 0.3 is 0 Å². The summed E-state index contributed by atoms with van der Waals surface area (Å²) in [4.78, 5) is 21.7. The maximum atomic E-state index is 12.6. The van der Waals surface area contributed by atoms with Crippen LogP contribution in [0, 0.1) is 0 Å². The van der Waals surface area contributed by atoms with Crippen LogP contribution < -0.4 is 5.32 Å². The zero-order valence-electron chi connectivity index (χ0n) is 18.5. The van der Waals surface area contributed by atoms with Crippen LogP contribution in [0.3, 0.4) is 0 Å². The van der Waals surface area contributed by atoms with Crippen LogP contribution in [0.25, 0.3) is 20.8 Å². The molecule has 0 atom stereocenters. The highest BCUT2D eigenvalue weighted by atomic mass is 32.2. The largest absolute Gasteiger partial charge is 0.311 e. The van der Waals surface area contributed by atoms with Crippen LogP contribution in [-0.2, 0) is 21.2 Å². The number of nitrogens with one attached hydrogen (secondary N) is 1. The standard InChI is InChI=1S/C25H24N4O3S2/c30-24(14-9-18-7-11-20(12-8-18)34(31,32)29-15-3-4-16-29)28-23-13-10-19(17-26-23)25-27-21-5-1-2-6-22(21)33-25/h1-2,5-8,10-13,17H,3-4,9,14-16H2,(H,26,28,30). The molecule has 0 spiro atoms. The summed E-state index contributed by atoms with van der Waals surface area (Å²) in [6.07, 6.45) is 4.32. The van der Waals surface area contributed by atoms with Crippen molar-refractivity contribution in [1.82, 2.24) is 14.3 Å². The summed E-state index contributed by atoms with van der Waals surface area (Å²) in [7, 11) is -3.42. The molecule has 1 aliphatic heterocycles. The lowest BCUT2D eigenvalue weighted by Crippen LogP contribution is -2.27. The number of carbonyl (C=O) groups is 1. The summed E-state index contributed by atoms with van der Waals surface area (Å²) >= 11 is 1.61. The predicted molar refractivity (Wildman–Crippen MR) is 134 cm³/mol. The fourth-order valence-electron chi connectivity index (χ4n) is 3.96. The highest BCUT2D eigenvalue weighted by Crippen LogP contribution is 2.30. The van der Waals surface area contributed by atoms with Gasteiger partial charge in [-0.05, 0) is 61.2 Å². The average molecular weight is 493 g/mol. The van der Waals surface area contributed by atoms with Crippen LogP contribution in [0.4, 0.5) is 5.82 Å². The number of rotatable bonds is 7. The third kappa shape index (κ3) is 4.86. The van der Waals surface area contributed by atoms with Crippen molar-refractivity contribution in [2.24, 2.45) is 0 Å². The van der Waals surface area contributed by atoms with Crippen molar-refractivity contribution in [3.8, 4) is 10.6 Å². The highest BCUT2D eigenvalue weighted by molar-refractivity contribution is 7.89. The maximum Gasteiger partial charge on any atom is 0.243 e. The number of benzene rings is 2. The molecule has 2 aromatic heterocycles. The number of aryl methyl sites for hydroxylation is 1. The second-order valence-corrected chi connectivity index (χ2v) is 11.2. The van der Waals surface area contributed by atoms with Crippen LogP contribution in [0.2, 0.25) is 0 Å². The minimum Gasteiger partial charge on any atom is -0.311 e. The van der Waals surface area contributed by atoms with E-state index in [1.165, 1.54) is 4.31 Å². The molecule has 2 aromatic carbocycles. The molecule has 1 saturated heterocycles. The van der Waals surface area contributed by atoms with Gasteiger partial charge in [-0.2, -0.15) is 4.31 Å². The van der Waals surface area contributed by atoms with Crippen LogP contribution in [-0.4, -0.2) is 41.7 Å². The Bertz CT molecular complexity index is 1380. The molecule has 3 heterocycles. The quantitative estimate of drug-likeness (QED) is 0.403. The summed E-state index contributed by atoms with van der Waals surface area (Å²) in [5, 5.41) is 3.71. The smallest absolute Gasteiger partial charge is 0.243 e. The number of fused-ring (bicyclic) bond motifs is 1. The lowest BCUT2D eigenvalue weighted by atomic mass is 10.1. The summed E-state index contributed by atoms with van der Waals surface area (Å²) in [5.74, 6) is 0.343. The maximum absolute atomic E-state index is 12.6. The molecule has 9 heteroatoms. The van der Waals surface area contributed by atoms with Gasteiger partial charge in [0.25, 0.3) is 0 Å². The molecule has 174 valence electrons. The molecule has 7 nitrogen and oxygen atoms in total. The molecule has 0 saturated carbocycles. The Kier molecular flexibility index (Phi) is 6.40. The molecule has 0 unspecified atom stereocenters. The molecule has 0 radical (unpaired) electrons. The van der Waals surface area contributed by atoms with Crippen molar-refractivity contribution in [3.05, 3.63) is 72.4 Å². The molecule has 1 aliphatic rings. The first-order valence-electron chi connectivity index (χ1n) is 11.2. The fourth-order valence-corrected chi connectivity index (χ4v) is 6.43. The Morgan fingerprint density at radius 1 is 1.00 bits per heavy atom. The topological polar surface area (TPSA) is 92.3 Å². The monoisotopic (exact) mass is 492 g/mol. The minimum absolute atomic E-state index is 0.144. The first-order valence-corrected chi connectivity index (χ1v) is 13.5. The van der Waals surface area contributed by atoms with Gasteiger partial charge in [-0.3, -0.25) is 4.79 Å². The molecule has 1 N–H and O–H groups in total. The van der Waals surface area contributed by atoms with E-state index in [0.717, 1.165) is 39.2 Å². The molecular formula is C25H24N4O3S2. The summed E-state index contributed by atoms with van der Waals surface area (Å²) < 4.78 is 27.9. The molecule has 1 amide bonds. The third-order valence-corrected chi connectivity index (χ3v) is 8.84. The van der Waals surface area contributed by atoms with E-state index < -0.39 is 10.0 Å². The molecular weight excluding hydrogens is 468 g/mol. The van der Waals surface area contributed by atoms with Gasteiger partial charge < -0.3 is 5.32 Å². The highest BCUT2D eigenvalue weighted by Gasteiger charge is 2.26. The molecule has 0 bridgehead atoms. The molecule has 34 heavy (non-hydrogen) atoms. The average Bonchev–Trinajstić information content (AvgIpc) is 3.54. The van der Waals surface area contributed by atoms with Gasteiger partial charge in [0.15, 0.2) is 0 Å². The van der Waals surface area contributed by atoms with Crippen molar-refractivity contribution in [2.75, 3.05) is 18.4 Å². The van der Waals surface area contributed by atoms with E-state index in [0.29, 0.717) is 30.2 Å². The Morgan fingerprint density at radius 3 is 2.47 bits per heavy atom. The van der Waals surface area contributed by atoms with Gasteiger partial charge in [-0.1, -0.05) is 24.3 Å². The molecule has 5 rings (SSSR count). The number of carbonyl (C=O) groups excluding carboxylic acids is 1. The lowest BCUT2D eigenvalue weighted by molar-refractivity contribution is -0.116. The van der Waals surface area contributed by atoms with Crippen molar-refractivity contribution >= 4 is 43.3 Å². The van der Waals surface area contributed by atoms with Gasteiger partial charge in [-0.25, -0.2) is 18.4 Å². The minimum atomic E-state index is -3.42. The number of aromatic nitrogens is 2. The van der Waals surface area contributed by atoms with E-state index in [1.54, 1.807) is 47.9 Å². The number of hydrogen-bond donors (Lipinski definition) is 1. The number of thiazole rings is 1. The second-order valence-electron chi connectivity index (χ2n) is 8.22. The summed E-state index contributed by atoms with van der Waals surface area (Å²) in [6, 6.07) is 18.5. The van der Waals surface area contributed by atoms with Crippen LogP contribution in [0.1, 0.15) is 24.8 Å². The van der Waals surface area contributed by atoms with Crippen molar-refractivity contribution < 1.29 is 13.2 Å². The van der Waals surface area contributed by atoms with Crippen molar-refractivity contribution in [1.29, 1.82) is 0 Å². The third-order valence-electron chi connectivity index (χ3n) is 5.84. The summed E-state index contributed by atoms with van der Waals surface area (Å²) in [6.45, 7) is 1.17. The fraction of sp³-hybridized carbons (Fsp3) is 0.240. The Morgan fingerprint density at radius 2 is 1.76 bits per heavy atom. The molecule has 0 aliphatic carbocycles. The molecule has 4 aromatic rings. The SMILES string of the molecule is O=C(CCc1ccc(S(=O)(=O)N2CCCC2)cc1)Nc1ccc(-c2nc3ccccc3s2)cn1. The molecule has 1 fully saturated rings. The van der Waals surface area contributed by atoms with Crippen LogP contribution in [0.5, 0.6) is 0 Å². The number of pyridine rings is 1. The van der Waals surface area contributed by atoms with Crippen molar-refractivity contribution in [2.45, 2.75) is 30.6 Å². The first-order chi connectivity index (χ1) is 16.5. The Labute approximate surface area is 202 Å². The second kappa shape index (κ2) is 9.61. The number of para-hydroxylation sites is 1. The van der Waals surface area contributed by atoms with E-state index in [4.69, 9.17) is 0 Å². The van der Waals surface area contributed by atoms with Gasteiger partial charge in [0.1, 0.15) is 10.8 Å². The van der Waals surface area contributed by atoms with Gasteiger partial charge in [0.2, 0.25) is 15.9 Å². The number of nitrogens with zero attached hydrogens (tertiary/aromatic N) is 3. The predicted octanol–water partition coefficient (Wildman–Crippen LogP) is 4.71. The van der Waals surface area contributed by atoms with E-state index >= 15 is 0 Å². The van der Waals surface area contributed by atoms with E-state index in [9.17, 15) is 13.2 Å². The zero-order chi connectivity index (χ0) is 23.5. The first kappa shape index (κ1) is 22.6. The van der Waals surface area contributed by atoms with E-state index in [2.05, 4.69) is 15.3 Å². The van der Waals surface area contributed by atoms with Gasteiger partial charge in [0, 0.05) is 31.3 Å². The number of anilines is 1. The zero-order valence-corrected chi connectivity index (χ0v) is 20.1. The van der Waals surface area contributed by atoms with Crippen LogP contribution in [0.15, 0.2) is 71.8 Å².